The van der Waals surface area contributed by atoms with E-state index >= 15 is 0 Å². The van der Waals surface area contributed by atoms with Crippen molar-refractivity contribution in [1.29, 1.82) is 0 Å². The molecule has 0 aliphatic carbocycles. The van der Waals surface area contributed by atoms with Crippen molar-refractivity contribution in [2.45, 2.75) is 107 Å². The third-order valence-electron chi connectivity index (χ3n) is 8.86. The first kappa shape index (κ1) is 31.2. The SMILES string of the molecule is CCC1=Cc2cc3nc(cc4c(CC)c(CC)c(c(CC)c5[nH]c(c(CC)c1n2)c(CC)c5CC)n4CC)C=C3.[Ir]. The molecule has 0 unspecified atom stereocenters. The van der Waals surface area contributed by atoms with Crippen LogP contribution in [0.2, 0.25) is 0 Å². The summed E-state index contributed by atoms with van der Waals surface area (Å²) in [7, 11) is 0. The standard InChI is InChI=1S/C36H46N4.Ir/c1-9-22-19-25-20-23-17-18-24(37-23)21-32-26(10-2)29(13-5)36(40(32)16-8)31(15-7)35-28(12-4)27(11-3)34(39-35)30(14-6)33(22)38-25;/h17-21,39H,9-16H2,1-8H3;. The van der Waals surface area contributed by atoms with Crippen LogP contribution in [0.25, 0.3) is 45.9 Å². The van der Waals surface area contributed by atoms with E-state index in [1.807, 2.05) is 0 Å². The van der Waals surface area contributed by atoms with Crippen LogP contribution < -0.4 is 0 Å². The number of H-pyrrole nitrogens is 1. The molecule has 5 heteroatoms. The molecule has 5 rings (SSSR count). The van der Waals surface area contributed by atoms with Gasteiger partial charge in [-0.05, 0) is 116 Å². The van der Waals surface area contributed by atoms with Crippen molar-refractivity contribution in [3.05, 3.63) is 68.3 Å². The topological polar surface area (TPSA) is 46.5 Å². The maximum atomic E-state index is 5.22. The zero-order valence-corrected chi connectivity index (χ0v) is 28.6. The second-order valence-electron chi connectivity index (χ2n) is 10.8. The molecule has 8 bridgehead atoms. The zero-order chi connectivity index (χ0) is 28.6. The zero-order valence-electron chi connectivity index (χ0n) is 26.2. The smallest absolute Gasteiger partial charge is 0.0722 e. The van der Waals surface area contributed by atoms with E-state index in [9.17, 15) is 0 Å². The number of hydrogen-bond donors (Lipinski definition) is 1. The number of allylic oxidation sites excluding steroid dienone is 1. The van der Waals surface area contributed by atoms with E-state index in [0.717, 1.165) is 74.3 Å². The number of rotatable bonds is 8. The Labute approximate surface area is 259 Å². The van der Waals surface area contributed by atoms with Crippen LogP contribution in [0.4, 0.5) is 0 Å². The molecule has 0 aromatic carbocycles. The number of hydrogen-bond acceptors (Lipinski definition) is 2. The summed E-state index contributed by atoms with van der Waals surface area (Å²) in [5.41, 5.74) is 19.4. The number of fused-ring (bicyclic) bond motifs is 8. The third kappa shape index (κ3) is 5.21. The van der Waals surface area contributed by atoms with Gasteiger partial charge < -0.3 is 9.55 Å². The predicted octanol–water partition coefficient (Wildman–Crippen LogP) is 9.30. The Kier molecular flexibility index (Phi) is 9.93. The van der Waals surface area contributed by atoms with Gasteiger partial charge in [-0.1, -0.05) is 48.5 Å². The van der Waals surface area contributed by atoms with E-state index < -0.39 is 0 Å². The van der Waals surface area contributed by atoms with Gasteiger partial charge in [0.15, 0.2) is 0 Å². The molecule has 1 N–H and O–H groups in total. The van der Waals surface area contributed by atoms with Gasteiger partial charge in [0.05, 0.1) is 22.8 Å². The fourth-order valence-corrected chi connectivity index (χ4v) is 7.09. The molecule has 2 aliphatic rings. The van der Waals surface area contributed by atoms with Crippen molar-refractivity contribution in [2.75, 3.05) is 0 Å². The fraction of sp³-hybridized carbons (Fsp3) is 0.444. The maximum absolute atomic E-state index is 5.22. The second-order valence-corrected chi connectivity index (χ2v) is 10.8. The van der Waals surface area contributed by atoms with E-state index in [0.29, 0.717) is 0 Å². The van der Waals surface area contributed by atoms with Crippen LogP contribution in [0.15, 0.2) is 12.1 Å². The number of aromatic nitrogens is 4. The minimum Gasteiger partial charge on any atom is -0.354 e. The van der Waals surface area contributed by atoms with Gasteiger partial charge in [0.2, 0.25) is 0 Å². The molecule has 0 saturated heterocycles. The largest absolute Gasteiger partial charge is 0.354 e. The minimum absolute atomic E-state index is 0. The molecule has 219 valence electrons. The Morgan fingerprint density at radius 3 is 1.68 bits per heavy atom. The molecule has 4 nitrogen and oxygen atoms in total. The van der Waals surface area contributed by atoms with Crippen molar-refractivity contribution in [1.82, 2.24) is 19.5 Å². The average Bonchev–Trinajstić information content (AvgIpc) is 3.73. The van der Waals surface area contributed by atoms with Crippen molar-refractivity contribution < 1.29 is 20.1 Å². The Hall–Kier alpha value is -2.75. The first-order valence-corrected chi connectivity index (χ1v) is 15.7. The van der Waals surface area contributed by atoms with Gasteiger partial charge in [0.25, 0.3) is 0 Å². The van der Waals surface area contributed by atoms with Gasteiger partial charge in [0.1, 0.15) is 0 Å². The van der Waals surface area contributed by atoms with Crippen LogP contribution in [0, 0.1) is 0 Å². The molecular formula is C36H46IrN4. The molecule has 2 aliphatic heterocycles. The molecule has 5 heterocycles. The molecule has 1 radical (unpaired) electrons. The van der Waals surface area contributed by atoms with Gasteiger partial charge in [-0.2, -0.15) is 0 Å². The molecule has 3 aromatic heterocycles. The number of nitrogens with one attached hydrogen (secondary N) is 1. The van der Waals surface area contributed by atoms with Crippen LogP contribution in [-0.2, 0) is 65.2 Å². The molecular weight excluding hydrogens is 681 g/mol. The van der Waals surface area contributed by atoms with Crippen LogP contribution in [0.3, 0.4) is 0 Å². The Morgan fingerprint density at radius 2 is 1.15 bits per heavy atom. The molecule has 0 spiro atoms. The molecule has 0 amide bonds. The van der Waals surface area contributed by atoms with E-state index in [2.05, 4.69) is 95.3 Å². The van der Waals surface area contributed by atoms with E-state index in [4.69, 9.17) is 9.97 Å². The molecule has 0 saturated carbocycles. The molecule has 0 atom stereocenters. The third-order valence-corrected chi connectivity index (χ3v) is 8.86. The van der Waals surface area contributed by atoms with Crippen LogP contribution in [0.5, 0.6) is 0 Å². The summed E-state index contributed by atoms with van der Waals surface area (Å²) in [5, 5.41) is 0. The Bertz CT molecular complexity index is 1680. The van der Waals surface area contributed by atoms with Crippen molar-refractivity contribution in [3.63, 3.8) is 0 Å². The predicted molar refractivity (Wildman–Crippen MR) is 174 cm³/mol. The number of aromatic amines is 1. The average molecular weight is 727 g/mol. The number of nitrogens with zero attached hydrogens (tertiary/aromatic N) is 3. The quantitative estimate of drug-likeness (QED) is 0.197. The summed E-state index contributed by atoms with van der Waals surface area (Å²) in [6.45, 7) is 19.3. The van der Waals surface area contributed by atoms with Gasteiger partial charge in [-0.25, -0.2) is 9.97 Å². The Morgan fingerprint density at radius 1 is 0.585 bits per heavy atom. The van der Waals surface area contributed by atoms with E-state index in [-0.39, 0.29) is 20.1 Å². The van der Waals surface area contributed by atoms with Gasteiger partial charge in [0, 0.05) is 54.3 Å². The molecule has 3 aromatic rings. The van der Waals surface area contributed by atoms with Crippen molar-refractivity contribution in [2.24, 2.45) is 0 Å². The Balaban J connectivity index is 0.00000387. The molecule has 41 heavy (non-hydrogen) atoms. The van der Waals surface area contributed by atoms with Crippen LogP contribution >= 0.6 is 0 Å². The van der Waals surface area contributed by atoms with Crippen LogP contribution in [0.1, 0.15) is 118 Å². The second kappa shape index (κ2) is 13.0. The van der Waals surface area contributed by atoms with E-state index in [1.54, 1.807) is 0 Å². The summed E-state index contributed by atoms with van der Waals surface area (Å²) in [4.78, 5) is 14.3. The van der Waals surface area contributed by atoms with Gasteiger partial charge in [-0.3, -0.25) is 0 Å². The summed E-state index contributed by atoms with van der Waals surface area (Å²) in [6.07, 6.45) is 13.5. The first-order valence-electron chi connectivity index (χ1n) is 15.7. The summed E-state index contributed by atoms with van der Waals surface area (Å²) in [5.74, 6) is 0. The number of aryl methyl sites for hydroxylation is 7. The van der Waals surface area contributed by atoms with Gasteiger partial charge >= 0.3 is 0 Å². The fourth-order valence-electron chi connectivity index (χ4n) is 7.09. The van der Waals surface area contributed by atoms with E-state index in [1.165, 1.54) is 61.0 Å². The monoisotopic (exact) mass is 727 g/mol. The maximum Gasteiger partial charge on any atom is 0.0722 e. The minimum atomic E-state index is 0. The van der Waals surface area contributed by atoms with Crippen molar-refractivity contribution >= 4 is 45.9 Å². The normalized spacial score (nSPS) is 12.5. The first-order chi connectivity index (χ1) is 19.5. The van der Waals surface area contributed by atoms with Gasteiger partial charge in [-0.15, -0.1) is 0 Å². The summed E-state index contributed by atoms with van der Waals surface area (Å²) >= 11 is 0. The summed E-state index contributed by atoms with van der Waals surface area (Å²) in [6, 6.07) is 4.45. The van der Waals surface area contributed by atoms with Crippen LogP contribution in [-0.4, -0.2) is 19.5 Å². The van der Waals surface area contributed by atoms with Crippen molar-refractivity contribution in [3.8, 4) is 0 Å². The summed E-state index contributed by atoms with van der Waals surface area (Å²) < 4.78 is 2.57. The molecule has 0 fully saturated rings.